The van der Waals surface area contributed by atoms with Gasteiger partial charge in [0.05, 0.1) is 5.75 Å². The summed E-state index contributed by atoms with van der Waals surface area (Å²) < 4.78 is 35.7. The molecule has 0 aromatic heterocycles. The Hall–Kier alpha value is -1.75. The van der Waals surface area contributed by atoms with Crippen LogP contribution >= 0.6 is 0 Å². The Bertz CT molecular complexity index is 751. The summed E-state index contributed by atoms with van der Waals surface area (Å²) in [6.45, 7) is 0. The molecule has 2 aromatic rings. The van der Waals surface area contributed by atoms with Crippen LogP contribution in [-0.4, -0.2) is 26.2 Å². The highest BCUT2D eigenvalue weighted by Gasteiger charge is 2.13. The Morgan fingerprint density at radius 1 is 1.10 bits per heavy atom. The molecular formula is C15H15FO3S. The third kappa shape index (κ3) is 3.42. The van der Waals surface area contributed by atoms with Crippen molar-refractivity contribution in [2.75, 3.05) is 12.0 Å². The highest BCUT2D eigenvalue weighted by molar-refractivity contribution is 7.90. The topological polar surface area (TPSA) is 51.2 Å². The van der Waals surface area contributed by atoms with Crippen LogP contribution in [0.15, 0.2) is 36.4 Å². The summed E-state index contributed by atoms with van der Waals surface area (Å²) in [7, 11) is -3.06. The first-order valence-corrected chi connectivity index (χ1v) is 8.33. The van der Waals surface area contributed by atoms with E-state index in [1.807, 2.05) is 0 Å². The lowest BCUT2D eigenvalue weighted by molar-refractivity contribution is 0.0983. The Labute approximate surface area is 117 Å². The molecule has 0 saturated carbocycles. The number of sulfone groups is 1. The van der Waals surface area contributed by atoms with E-state index in [9.17, 15) is 17.6 Å². The monoisotopic (exact) mass is 294 g/mol. The average molecular weight is 294 g/mol. The predicted octanol–water partition coefficient (Wildman–Crippen LogP) is 2.99. The molecule has 0 radical (unpaired) electrons. The molecule has 0 saturated heterocycles. The Morgan fingerprint density at radius 3 is 2.40 bits per heavy atom. The fraction of sp³-hybridized carbons (Fsp3) is 0.267. The van der Waals surface area contributed by atoms with Gasteiger partial charge in [-0.15, -0.1) is 0 Å². The van der Waals surface area contributed by atoms with Gasteiger partial charge in [-0.1, -0.05) is 24.3 Å². The van der Waals surface area contributed by atoms with Gasteiger partial charge in [0.25, 0.3) is 0 Å². The lowest BCUT2D eigenvalue weighted by Crippen LogP contribution is -2.07. The molecule has 0 N–H and O–H groups in total. The van der Waals surface area contributed by atoms with E-state index in [-0.39, 0.29) is 30.2 Å². The number of hydrogen-bond acceptors (Lipinski definition) is 3. The number of rotatable bonds is 5. The summed E-state index contributed by atoms with van der Waals surface area (Å²) in [6, 6.07) is 9.51. The first-order valence-electron chi connectivity index (χ1n) is 6.26. The molecule has 0 amide bonds. The van der Waals surface area contributed by atoms with Crippen molar-refractivity contribution in [3.05, 3.63) is 47.8 Å². The molecule has 3 nitrogen and oxygen atoms in total. The van der Waals surface area contributed by atoms with E-state index in [1.165, 1.54) is 12.1 Å². The normalized spacial score (nSPS) is 11.7. The summed E-state index contributed by atoms with van der Waals surface area (Å²) >= 11 is 0. The highest BCUT2D eigenvalue weighted by atomic mass is 32.2. The fourth-order valence-electron chi connectivity index (χ4n) is 2.14. The molecule has 0 heterocycles. The average Bonchev–Trinajstić information content (AvgIpc) is 2.38. The maximum absolute atomic E-state index is 13.6. The molecule has 20 heavy (non-hydrogen) atoms. The van der Waals surface area contributed by atoms with Gasteiger partial charge in [-0.3, -0.25) is 4.79 Å². The minimum Gasteiger partial charge on any atom is -0.294 e. The van der Waals surface area contributed by atoms with Crippen LogP contribution in [0, 0.1) is 5.82 Å². The van der Waals surface area contributed by atoms with Crippen LogP contribution in [0.3, 0.4) is 0 Å². The van der Waals surface area contributed by atoms with Crippen molar-refractivity contribution in [2.24, 2.45) is 0 Å². The van der Waals surface area contributed by atoms with Gasteiger partial charge in [0.1, 0.15) is 15.7 Å². The molecule has 0 bridgehead atoms. The number of carbonyl (C=O) groups is 1. The van der Waals surface area contributed by atoms with Gasteiger partial charge in [-0.25, -0.2) is 12.8 Å². The SMILES string of the molecule is CS(=O)(=O)CCCC(=O)c1ccc(F)c2ccccc12. The summed E-state index contributed by atoms with van der Waals surface area (Å²) in [4.78, 5) is 12.1. The number of benzene rings is 2. The van der Waals surface area contributed by atoms with Crippen molar-refractivity contribution < 1.29 is 17.6 Å². The zero-order valence-electron chi connectivity index (χ0n) is 11.1. The van der Waals surface area contributed by atoms with Crippen LogP contribution in [0.4, 0.5) is 4.39 Å². The van der Waals surface area contributed by atoms with Gasteiger partial charge < -0.3 is 0 Å². The van der Waals surface area contributed by atoms with Crippen molar-refractivity contribution in [2.45, 2.75) is 12.8 Å². The molecule has 106 valence electrons. The van der Waals surface area contributed by atoms with Gasteiger partial charge in [-0.2, -0.15) is 0 Å². The summed E-state index contributed by atoms with van der Waals surface area (Å²) in [5, 5.41) is 0.971. The third-order valence-corrected chi connectivity index (χ3v) is 4.12. The van der Waals surface area contributed by atoms with Crippen molar-refractivity contribution in [1.29, 1.82) is 0 Å². The molecule has 2 rings (SSSR count). The Kier molecular flexibility index (Phi) is 4.18. The van der Waals surface area contributed by atoms with Crippen LogP contribution in [0.2, 0.25) is 0 Å². The largest absolute Gasteiger partial charge is 0.294 e. The smallest absolute Gasteiger partial charge is 0.163 e. The zero-order valence-corrected chi connectivity index (χ0v) is 11.9. The molecule has 0 fully saturated rings. The lowest BCUT2D eigenvalue weighted by atomic mass is 9.99. The number of Topliss-reactive ketones (excluding diaryl/α,β-unsaturated/α-hetero) is 1. The number of carbonyl (C=O) groups excluding carboxylic acids is 1. The van der Waals surface area contributed by atoms with E-state index in [2.05, 4.69) is 0 Å². The molecule has 0 aliphatic rings. The minimum absolute atomic E-state index is 0.0160. The van der Waals surface area contributed by atoms with E-state index in [0.29, 0.717) is 16.3 Å². The second kappa shape index (κ2) is 5.71. The second-order valence-corrected chi connectivity index (χ2v) is 7.06. The maximum Gasteiger partial charge on any atom is 0.163 e. The lowest BCUT2D eigenvalue weighted by Gasteiger charge is -2.06. The van der Waals surface area contributed by atoms with Crippen molar-refractivity contribution >= 4 is 26.4 Å². The highest BCUT2D eigenvalue weighted by Crippen LogP contribution is 2.23. The fourth-order valence-corrected chi connectivity index (χ4v) is 2.80. The first-order chi connectivity index (χ1) is 9.38. The van der Waals surface area contributed by atoms with E-state index < -0.39 is 9.84 Å². The van der Waals surface area contributed by atoms with Crippen LogP contribution in [0.1, 0.15) is 23.2 Å². The number of hydrogen-bond donors (Lipinski definition) is 0. The van der Waals surface area contributed by atoms with Crippen molar-refractivity contribution in [3.63, 3.8) is 0 Å². The van der Waals surface area contributed by atoms with Gasteiger partial charge >= 0.3 is 0 Å². The Morgan fingerprint density at radius 2 is 1.75 bits per heavy atom. The van der Waals surface area contributed by atoms with Crippen molar-refractivity contribution in [3.8, 4) is 0 Å². The van der Waals surface area contributed by atoms with Crippen LogP contribution in [0.25, 0.3) is 10.8 Å². The first kappa shape index (κ1) is 14.7. The van der Waals surface area contributed by atoms with E-state index in [0.717, 1.165) is 6.26 Å². The maximum atomic E-state index is 13.6. The van der Waals surface area contributed by atoms with Gasteiger partial charge in [-0.05, 0) is 23.9 Å². The van der Waals surface area contributed by atoms with E-state index in [1.54, 1.807) is 24.3 Å². The summed E-state index contributed by atoms with van der Waals surface area (Å²) in [5.74, 6) is -0.546. The molecule has 0 atom stereocenters. The summed E-state index contributed by atoms with van der Waals surface area (Å²) in [5.41, 5.74) is 0.440. The number of ketones is 1. The molecule has 5 heteroatoms. The standard InChI is InChI=1S/C15H15FO3S/c1-20(18,19)10-4-7-15(17)13-8-9-14(16)12-6-3-2-5-11(12)13/h2-3,5-6,8-9H,4,7,10H2,1H3. The molecule has 0 aliphatic heterocycles. The van der Waals surface area contributed by atoms with Crippen molar-refractivity contribution in [1.82, 2.24) is 0 Å². The molecule has 0 aliphatic carbocycles. The molecule has 2 aromatic carbocycles. The van der Waals surface area contributed by atoms with Gasteiger partial charge in [0.15, 0.2) is 5.78 Å². The number of fused-ring (bicyclic) bond motifs is 1. The quantitative estimate of drug-likeness (QED) is 0.797. The molecule has 0 unspecified atom stereocenters. The van der Waals surface area contributed by atoms with Gasteiger partial charge in [0.2, 0.25) is 0 Å². The predicted molar refractivity (Wildman–Crippen MR) is 77.2 cm³/mol. The number of halogens is 1. The van der Waals surface area contributed by atoms with Gasteiger partial charge in [0, 0.05) is 23.6 Å². The van der Waals surface area contributed by atoms with E-state index >= 15 is 0 Å². The Balaban J connectivity index is 2.25. The minimum atomic E-state index is -3.06. The molecular weight excluding hydrogens is 279 g/mol. The third-order valence-electron chi connectivity index (χ3n) is 3.09. The van der Waals surface area contributed by atoms with Crippen LogP contribution < -0.4 is 0 Å². The molecule has 0 spiro atoms. The zero-order chi connectivity index (χ0) is 14.8. The van der Waals surface area contributed by atoms with Crippen LogP contribution in [0.5, 0.6) is 0 Å². The van der Waals surface area contributed by atoms with Crippen LogP contribution in [-0.2, 0) is 9.84 Å². The second-order valence-electron chi connectivity index (χ2n) is 4.80. The summed E-state index contributed by atoms with van der Waals surface area (Å²) in [6.07, 6.45) is 1.57. The van der Waals surface area contributed by atoms with E-state index in [4.69, 9.17) is 0 Å².